The zero-order chi connectivity index (χ0) is 18.6. The molecule has 1 heterocycles. The Morgan fingerprint density at radius 3 is 2.48 bits per heavy atom. The Kier molecular flexibility index (Phi) is 5.87. The number of carbonyl (C=O) groups is 2. The fourth-order valence-electron chi connectivity index (χ4n) is 3.20. The molecule has 1 fully saturated rings. The summed E-state index contributed by atoms with van der Waals surface area (Å²) in [5.74, 6) is -0.593. The second-order valence-corrected chi connectivity index (χ2v) is 7.39. The highest BCUT2D eigenvalue weighted by molar-refractivity contribution is 5.68. The van der Waals surface area contributed by atoms with E-state index in [2.05, 4.69) is 5.32 Å². The number of alkyl carbamates (subject to hydrolysis) is 1. The summed E-state index contributed by atoms with van der Waals surface area (Å²) in [6.07, 6.45) is -3.13. The quantitative estimate of drug-likeness (QED) is 0.872. The standard InChI is InChI=1S/C18H25FN2O4/c1-18(2,3)15-14(19)13(10-21(15)17(23)24)9-20-16(22)25-11-12-7-5-4-6-8-12/h4-8,13-15H,9-11H2,1-3H3,(H,20,22)(H,23,24)/t13-,14+,15?/m0/s1. The zero-order valence-electron chi connectivity index (χ0n) is 14.7. The van der Waals surface area contributed by atoms with Crippen LogP contribution in [-0.4, -0.2) is 47.5 Å². The molecule has 3 atom stereocenters. The lowest BCUT2D eigenvalue weighted by Crippen LogP contribution is -2.46. The molecule has 1 aromatic rings. The van der Waals surface area contributed by atoms with E-state index >= 15 is 0 Å². The van der Waals surface area contributed by atoms with E-state index in [1.165, 1.54) is 0 Å². The van der Waals surface area contributed by atoms with Crippen LogP contribution in [0.3, 0.4) is 0 Å². The summed E-state index contributed by atoms with van der Waals surface area (Å²) in [7, 11) is 0. The summed E-state index contributed by atoms with van der Waals surface area (Å²) in [5.41, 5.74) is 0.326. The van der Waals surface area contributed by atoms with Crippen molar-refractivity contribution in [1.82, 2.24) is 10.2 Å². The first-order chi connectivity index (χ1) is 11.7. The summed E-state index contributed by atoms with van der Waals surface area (Å²) in [6.45, 7) is 5.64. The van der Waals surface area contributed by atoms with Crippen LogP contribution in [0.4, 0.5) is 14.0 Å². The molecule has 1 aliphatic rings. The summed E-state index contributed by atoms with van der Waals surface area (Å²) >= 11 is 0. The van der Waals surface area contributed by atoms with Gasteiger partial charge in [0, 0.05) is 19.0 Å². The number of carboxylic acid groups (broad SMARTS) is 1. The van der Waals surface area contributed by atoms with Crippen LogP contribution >= 0.6 is 0 Å². The van der Waals surface area contributed by atoms with Gasteiger partial charge in [0.15, 0.2) is 0 Å². The number of amides is 2. The Labute approximate surface area is 147 Å². The number of nitrogens with zero attached hydrogens (tertiary/aromatic N) is 1. The monoisotopic (exact) mass is 352 g/mol. The molecule has 2 amide bonds. The smallest absolute Gasteiger partial charge is 0.407 e. The Hall–Kier alpha value is -2.31. The Morgan fingerprint density at radius 2 is 1.96 bits per heavy atom. The maximum absolute atomic E-state index is 14.8. The van der Waals surface area contributed by atoms with E-state index in [0.29, 0.717) is 0 Å². The molecular formula is C18H25FN2O4. The normalized spacial score (nSPS) is 23.4. The lowest BCUT2D eigenvalue weighted by atomic mass is 9.82. The molecule has 7 heteroatoms. The molecular weight excluding hydrogens is 327 g/mol. The Bertz CT molecular complexity index is 603. The van der Waals surface area contributed by atoms with E-state index in [0.717, 1.165) is 10.5 Å². The van der Waals surface area contributed by atoms with Gasteiger partial charge in [0.2, 0.25) is 0 Å². The number of nitrogens with one attached hydrogen (secondary N) is 1. The highest BCUT2D eigenvalue weighted by Crippen LogP contribution is 2.37. The molecule has 0 saturated carbocycles. The van der Waals surface area contributed by atoms with Crippen LogP contribution in [0.1, 0.15) is 26.3 Å². The van der Waals surface area contributed by atoms with Crippen molar-refractivity contribution >= 4 is 12.2 Å². The molecule has 0 spiro atoms. The summed E-state index contributed by atoms with van der Waals surface area (Å²) in [6, 6.07) is 8.48. The van der Waals surface area contributed by atoms with Gasteiger partial charge < -0.3 is 20.1 Å². The summed E-state index contributed by atoms with van der Waals surface area (Å²) in [5, 5.41) is 11.9. The number of benzene rings is 1. The SMILES string of the molecule is CC(C)(C)C1[C@H](F)[C@@H](CNC(=O)OCc2ccccc2)CN1C(=O)O. The van der Waals surface area contributed by atoms with E-state index < -0.39 is 35.7 Å². The minimum absolute atomic E-state index is 0.0329. The van der Waals surface area contributed by atoms with Gasteiger partial charge in [-0.05, 0) is 11.0 Å². The van der Waals surface area contributed by atoms with Crippen molar-refractivity contribution in [3.63, 3.8) is 0 Å². The largest absolute Gasteiger partial charge is 0.465 e. The lowest BCUT2D eigenvalue weighted by molar-refractivity contribution is 0.0774. The van der Waals surface area contributed by atoms with Crippen molar-refractivity contribution in [2.45, 2.75) is 39.6 Å². The van der Waals surface area contributed by atoms with Crippen molar-refractivity contribution in [2.75, 3.05) is 13.1 Å². The number of rotatable bonds is 4. The molecule has 25 heavy (non-hydrogen) atoms. The van der Waals surface area contributed by atoms with Gasteiger partial charge in [0.25, 0.3) is 0 Å². The molecule has 0 bridgehead atoms. The molecule has 0 radical (unpaired) electrons. The molecule has 0 aromatic heterocycles. The Morgan fingerprint density at radius 1 is 1.32 bits per heavy atom. The number of carbonyl (C=O) groups excluding carboxylic acids is 1. The fraction of sp³-hybridized carbons (Fsp3) is 0.556. The van der Waals surface area contributed by atoms with Crippen molar-refractivity contribution in [2.24, 2.45) is 11.3 Å². The molecule has 1 saturated heterocycles. The predicted octanol–water partition coefficient (Wildman–Crippen LogP) is 3.28. The maximum atomic E-state index is 14.8. The van der Waals surface area contributed by atoms with E-state index in [-0.39, 0.29) is 19.7 Å². The molecule has 1 unspecified atom stereocenters. The molecule has 138 valence electrons. The Balaban J connectivity index is 1.87. The van der Waals surface area contributed by atoms with E-state index in [1.807, 2.05) is 51.1 Å². The van der Waals surface area contributed by atoms with Gasteiger partial charge in [0.05, 0.1) is 6.04 Å². The van der Waals surface area contributed by atoms with Crippen LogP contribution in [0.25, 0.3) is 0 Å². The van der Waals surface area contributed by atoms with Crippen LogP contribution in [0, 0.1) is 11.3 Å². The van der Waals surface area contributed by atoms with Crippen molar-refractivity contribution < 1.29 is 23.8 Å². The maximum Gasteiger partial charge on any atom is 0.407 e. The first kappa shape index (κ1) is 19.0. The molecule has 0 aliphatic carbocycles. The minimum atomic E-state index is -1.34. The van der Waals surface area contributed by atoms with Gasteiger partial charge >= 0.3 is 12.2 Å². The predicted molar refractivity (Wildman–Crippen MR) is 91.0 cm³/mol. The van der Waals surface area contributed by atoms with Crippen LogP contribution in [-0.2, 0) is 11.3 Å². The second-order valence-electron chi connectivity index (χ2n) is 7.39. The van der Waals surface area contributed by atoms with Crippen LogP contribution < -0.4 is 5.32 Å². The summed E-state index contributed by atoms with van der Waals surface area (Å²) < 4.78 is 19.9. The highest BCUT2D eigenvalue weighted by Gasteiger charge is 2.49. The topological polar surface area (TPSA) is 78.9 Å². The number of ether oxygens (including phenoxy) is 1. The van der Waals surface area contributed by atoms with Crippen molar-refractivity contribution in [3.05, 3.63) is 35.9 Å². The highest BCUT2D eigenvalue weighted by atomic mass is 19.1. The molecule has 1 aromatic carbocycles. The van der Waals surface area contributed by atoms with E-state index in [4.69, 9.17) is 4.74 Å². The average Bonchev–Trinajstić information content (AvgIpc) is 2.89. The van der Waals surface area contributed by atoms with Crippen molar-refractivity contribution in [3.8, 4) is 0 Å². The molecule has 1 aliphatic heterocycles. The molecule has 6 nitrogen and oxygen atoms in total. The molecule has 2 N–H and O–H groups in total. The number of hydrogen-bond acceptors (Lipinski definition) is 3. The first-order valence-corrected chi connectivity index (χ1v) is 8.28. The fourth-order valence-corrected chi connectivity index (χ4v) is 3.20. The van der Waals surface area contributed by atoms with Gasteiger partial charge in [-0.2, -0.15) is 0 Å². The van der Waals surface area contributed by atoms with Crippen LogP contribution in [0.5, 0.6) is 0 Å². The zero-order valence-corrected chi connectivity index (χ0v) is 14.7. The third-order valence-electron chi connectivity index (χ3n) is 4.37. The number of hydrogen-bond donors (Lipinski definition) is 2. The van der Waals surface area contributed by atoms with Gasteiger partial charge in [-0.1, -0.05) is 51.1 Å². The van der Waals surface area contributed by atoms with Crippen molar-refractivity contribution in [1.29, 1.82) is 0 Å². The first-order valence-electron chi connectivity index (χ1n) is 8.28. The number of alkyl halides is 1. The minimum Gasteiger partial charge on any atom is -0.465 e. The number of likely N-dealkylation sites (tertiary alicyclic amines) is 1. The van der Waals surface area contributed by atoms with Gasteiger partial charge in [0.1, 0.15) is 12.8 Å². The third kappa shape index (κ3) is 4.84. The lowest BCUT2D eigenvalue weighted by Gasteiger charge is -2.34. The molecule has 2 rings (SSSR count). The second kappa shape index (κ2) is 7.72. The van der Waals surface area contributed by atoms with E-state index in [1.54, 1.807) is 0 Å². The van der Waals surface area contributed by atoms with Gasteiger partial charge in [-0.15, -0.1) is 0 Å². The van der Waals surface area contributed by atoms with E-state index in [9.17, 15) is 19.1 Å². The van der Waals surface area contributed by atoms with Crippen LogP contribution in [0.15, 0.2) is 30.3 Å². The third-order valence-corrected chi connectivity index (χ3v) is 4.37. The van der Waals surface area contributed by atoms with Gasteiger partial charge in [-0.3, -0.25) is 0 Å². The van der Waals surface area contributed by atoms with Gasteiger partial charge in [-0.25, -0.2) is 14.0 Å². The summed E-state index contributed by atoms with van der Waals surface area (Å²) in [4.78, 5) is 24.3. The number of halogens is 1. The van der Waals surface area contributed by atoms with Crippen LogP contribution in [0.2, 0.25) is 0 Å². The average molecular weight is 352 g/mol.